The van der Waals surface area contributed by atoms with Crippen molar-refractivity contribution in [1.29, 1.82) is 0 Å². The van der Waals surface area contributed by atoms with E-state index in [9.17, 15) is 4.79 Å². The molecule has 0 fully saturated rings. The van der Waals surface area contributed by atoms with Gasteiger partial charge in [-0.15, -0.1) is 0 Å². The number of nitrogens with zero attached hydrogens (tertiary/aromatic N) is 2. The molecule has 0 spiro atoms. The van der Waals surface area contributed by atoms with Crippen LogP contribution in [0.2, 0.25) is 0 Å². The number of aromatic nitrogens is 2. The molecule has 3 N–H and O–H groups in total. The third-order valence-electron chi connectivity index (χ3n) is 4.29. The lowest BCUT2D eigenvalue weighted by atomic mass is 9.99. The molecule has 0 saturated carbocycles. The zero-order valence-electron chi connectivity index (χ0n) is 14.1. The zero-order chi connectivity index (χ0) is 17.8. The van der Waals surface area contributed by atoms with Gasteiger partial charge >= 0.3 is 0 Å². The second-order valence-corrected chi connectivity index (χ2v) is 6.06. The van der Waals surface area contributed by atoms with Crippen LogP contribution in [-0.4, -0.2) is 14.7 Å². The molecule has 0 aliphatic rings. The van der Waals surface area contributed by atoms with Crippen LogP contribution in [0.25, 0.3) is 11.1 Å². The molecule has 0 amide bonds. The highest BCUT2D eigenvalue weighted by Gasteiger charge is 2.05. The predicted octanol–water partition coefficient (Wildman–Crippen LogP) is 2.31. The van der Waals surface area contributed by atoms with Crippen LogP contribution in [0.5, 0.6) is 0 Å². The van der Waals surface area contributed by atoms with E-state index in [-0.39, 0.29) is 18.1 Å². The lowest BCUT2D eigenvalue weighted by molar-refractivity contribution is 0.282. The maximum absolute atomic E-state index is 11.8. The van der Waals surface area contributed by atoms with Crippen molar-refractivity contribution in [3.63, 3.8) is 0 Å². The van der Waals surface area contributed by atoms with Gasteiger partial charge in [0.15, 0.2) is 0 Å². The SMILES string of the molecule is Cn1c(N)nc(CCc2cccc(-c3ccc(CO)cc3)c2)cc1=O. The lowest BCUT2D eigenvalue weighted by Gasteiger charge is -2.08. The smallest absolute Gasteiger partial charge is 0.254 e. The number of rotatable bonds is 5. The van der Waals surface area contributed by atoms with Crippen LogP contribution < -0.4 is 11.3 Å². The van der Waals surface area contributed by atoms with Crippen molar-refractivity contribution in [2.45, 2.75) is 19.4 Å². The molecule has 0 aliphatic carbocycles. The van der Waals surface area contributed by atoms with Gasteiger partial charge in [-0.1, -0.05) is 48.5 Å². The molecule has 3 rings (SSSR count). The monoisotopic (exact) mass is 335 g/mol. The maximum atomic E-state index is 11.8. The molecule has 5 nitrogen and oxygen atoms in total. The summed E-state index contributed by atoms with van der Waals surface area (Å²) in [5.41, 5.74) is 10.6. The Kier molecular flexibility index (Phi) is 4.95. The number of aliphatic hydroxyl groups is 1. The van der Waals surface area contributed by atoms with Gasteiger partial charge in [-0.25, -0.2) is 4.98 Å². The number of benzene rings is 2. The average molecular weight is 335 g/mol. The fraction of sp³-hybridized carbons (Fsp3) is 0.200. The van der Waals surface area contributed by atoms with Crippen LogP contribution in [0, 0.1) is 0 Å². The number of hydrogen-bond acceptors (Lipinski definition) is 4. The first-order valence-electron chi connectivity index (χ1n) is 8.18. The summed E-state index contributed by atoms with van der Waals surface area (Å²) < 4.78 is 1.33. The molecule has 1 heterocycles. The highest BCUT2D eigenvalue weighted by atomic mass is 16.3. The van der Waals surface area contributed by atoms with E-state index in [4.69, 9.17) is 10.8 Å². The topological polar surface area (TPSA) is 81.1 Å². The van der Waals surface area contributed by atoms with Crippen LogP contribution in [0.3, 0.4) is 0 Å². The maximum Gasteiger partial charge on any atom is 0.254 e. The Morgan fingerprint density at radius 1 is 1.00 bits per heavy atom. The molecule has 3 aromatic rings. The van der Waals surface area contributed by atoms with Crippen LogP contribution in [0.15, 0.2) is 59.4 Å². The van der Waals surface area contributed by atoms with Crippen LogP contribution >= 0.6 is 0 Å². The van der Waals surface area contributed by atoms with Gasteiger partial charge < -0.3 is 10.8 Å². The summed E-state index contributed by atoms with van der Waals surface area (Å²) in [5, 5.41) is 9.14. The van der Waals surface area contributed by atoms with Crippen molar-refractivity contribution >= 4 is 5.95 Å². The third kappa shape index (κ3) is 3.95. The molecule has 5 heteroatoms. The van der Waals surface area contributed by atoms with Crippen molar-refractivity contribution in [2.24, 2.45) is 7.05 Å². The van der Waals surface area contributed by atoms with Gasteiger partial charge in [-0.2, -0.15) is 0 Å². The number of nitrogen functional groups attached to an aromatic ring is 1. The highest BCUT2D eigenvalue weighted by molar-refractivity contribution is 5.64. The second-order valence-electron chi connectivity index (χ2n) is 6.06. The fourth-order valence-electron chi connectivity index (χ4n) is 2.72. The Labute approximate surface area is 146 Å². The normalized spacial score (nSPS) is 10.8. The summed E-state index contributed by atoms with van der Waals surface area (Å²) in [6.45, 7) is 0.0486. The first-order valence-corrected chi connectivity index (χ1v) is 8.18. The minimum absolute atomic E-state index is 0.0486. The van der Waals surface area contributed by atoms with Gasteiger partial charge in [0.05, 0.1) is 12.3 Å². The Morgan fingerprint density at radius 2 is 1.76 bits per heavy atom. The van der Waals surface area contributed by atoms with E-state index in [2.05, 4.69) is 23.2 Å². The van der Waals surface area contributed by atoms with E-state index in [0.29, 0.717) is 12.1 Å². The van der Waals surface area contributed by atoms with Crippen molar-refractivity contribution in [1.82, 2.24) is 9.55 Å². The summed E-state index contributed by atoms with van der Waals surface area (Å²) in [6, 6.07) is 17.7. The molecular formula is C20H21N3O2. The number of aliphatic hydroxyl groups excluding tert-OH is 1. The van der Waals surface area contributed by atoms with Crippen LogP contribution in [0.4, 0.5) is 5.95 Å². The fourth-order valence-corrected chi connectivity index (χ4v) is 2.72. The molecule has 0 saturated heterocycles. The molecular weight excluding hydrogens is 314 g/mol. The Bertz CT molecular complexity index is 930. The first-order chi connectivity index (χ1) is 12.1. The van der Waals surface area contributed by atoms with Crippen LogP contribution in [-0.2, 0) is 26.5 Å². The minimum Gasteiger partial charge on any atom is -0.392 e. The summed E-state index contributed by atoms with van der Waals surface area (Å²) in [4.78, 5) is 16.1. The molecule has 0 radical (unpaired) electrons. The molecule has 25 heavy (non-hydrogen) atoms. The summed E-state index contributed by atoms with van der Waals surface area (Å²) in [5.74, 6) is 0.236. The molecule has 128 valence electrons. The molecule has 0 unspecified atom stereocenters. The number of hydrogen-bond donors (Lipinski definition) is 2. The van der Waals surface area contributed by atoms with E-state index in [1.807, 2.05) is 30.3 Å². The Balaban J connectivity index is 1.76. The van der Waals surface area contributed by atoms with E-state index >= 15 is 0 Å². The van der Waals surface area contributed by atoms with Gasteiger partial charge in [0.1, 0.15) is 0 Å². The van der Waals surface area contributed by atoms with E-state index in [1.54, 1.807) is 7.05 Å². The van der Waals surface area contributed by atoms with E-state index < -0.39 is 0 Å². The number of nitrogens with two attached hydrogens (primary N) is 1. The van der Waals surface area contributed by atoms with E-state index in [0.717, 1.165) is 23.1 Å². The lowest BCUT2D eigenvalue weighted by Crippen LogP contribution is -2.21. The van der Waals surface area contributed by atoms with Gasteiger partial charge in [-0.3, -0.25) is 9.36 Å². The summed E-state index contributed by atoms with van der Waals surface area (Å²) in [6.07, 6.45) is 1.44. The highest BCUT2D eigenvalue weighted by Crippen LogP contribution is 2.21. The average Bonchev–Trinajstić information content (AvgIpc) is 2.64. The molecule has 0 bridgehead atoms. The van der Waals surface area contributed by atoms with Gasteiger partial charge in [0.25, 0.3) is 5.56 Å². The van der Waals surface area contributed by atoms with Gasteiger partial charge in [-0.05, 0) is 35.1 Å². The van der Waals surface area contributed by atoms with Gasteiger partial charge in [0, 0.05) is 13.1 Å². The quantitative estimate of drug-likeness (QED) is 0.750. The molecule has 2 aromatic carbocycles. The van der Waals surface area contributed by atoms with Crippen molar-refractivity contribution in [2.75, 3.05) is 5.73 Å². The molecule has 0 aliphatic heterocycles. The zero-order valence-corrected chi connectivity index (χ0v) is 14.1. The predicted molar refractivity (Wildman–Crippen MR) is 99.1 cm³/mol. The number of aryl methyl sites for hydroxylation is 2. The Morgan fingerprint density at radius 3 is 2.44 bits per heavy atom. The van der Waals surface area contributed by atoms with Crippen molar-refractivity contribution in [3.8, 4) is 11.1 Å². The standard InChI is InChI=1S/C20H21N3O2/c1-23-19(25)12-18(22-20(23)21)10-7-14-3-2-4-17(11-14)16-8-5-15(13-24)6-9-16/h2-6,8-9,11-12,24H,7,10,13H2,1H3,(H2,21,22). The summed E-state index contributed by atoms with van der Waals surface area (Å²) >= 11 is 0. The van der Waals surface area contributed by atoms with Gasteiger partial charge in [0.2, 0.25) is 5.95 Å². The van der Waals surface area contributed by atoms with Crippen LogP contribution in [0.1, 0.15) is 16.8 Å². The molecule has 1 aromatic heterocycles. The van der Waals surface area contributed by atoms with Crippen molar-refractivity contribution in [3.05, 3.63) is 81.8 Å². The second kappa shape index (κ2) is 7.32. The first kappa shape index (κ1) is 16.9. The summed E-state index contributed by atoms with van der Waals surface area (Å²) in [7, 11) is 1.61. The third-order valence-corrected chi connectivity index (χ3v) is 4.29. The largest absolute Gasteiger partial charge is 0.392 e. The van der Waals surface area contributed by atoms with Crippen molar-refractivity contribution < 1.29 is 5.11 Å². The molecule has 0 atom stereocenters. The van der Waals surface area contributed by atoms with E-state index in [1.165, 1.54) is 16.2 Å². The minimum atomic E-state index is -0.139. The number of anilines is 1. The Hall–Kier alpha value is -2.92.